The average Bonchev–Trinajstić information content (AvgIpc) is 3.12. The van der Waals surface area contributed by atoms with Crippen LogP contribution in [0.15, 0.2) is 65.8 Å². The Morgan fingerprint density at radius 1 is 1.12 bits per heavy atom. The number of benzene rings is 1. The summed E-state index contributed by atoms with van der Waals surface area (Å²) in [6.45, 7) is 0.454. The first kappa shape index (κ1) is 15.6. The molecule has 0 bridgehead atoms. The van der Waals surface area contributed by atoms with Crippen molar-refractivity contribution in [3.8, 4) is 0 Å². The first-order valence-corrected chi connectivity index (χ1v) is 8.38. The summed E-state index contributed by atoms with van der Waals surface area (Å²) in [6.07, 6.45) is 6.46. The minimum atomic E-state index is -0.208. The number of aromatic nitrogens is 5. The summed E-state index contributed by atoms with van der Waals surface area (Å²) in [6, 6.07) is 11.3. The third-order valence-electron chi connectivity index (χ3n) is 3.88. The number of carbonyl (C=O) groups is 1. The van der Waals surface area contributed by atoms with E-state index < -0.39 is 0 Å². The molecule has 0 amide bonds. The van der Waals surface area contributed by atoms with Gasteiger partial charge in [0.25, 0.3) is 0 Å². The number of fused-ring (bicyclic) bond motifs is 1. The van der Waals surface area contributed by atoms with Gasteiger partial charge >= 0.3 is 0 Å². The van der Waals surface area contributed by atoms with Crippen molar-refractivity contribution in [3.63, 3.8) is 0 Å². The van der Waals surface area contributed by atoms with Crippen LogP contribution in [0.5, 0.6) is 0 Å². The molecule has 4 aromatic rings. The van der Waals surface area contributed by atoms with E-state index in [1.54, 1.807) is 35.4 Å². The molecular formula is C18H12BrN5O. The van der Waals surface area contributed by atoms with E-state index >= 15 is 0 Å². The lowest BCUT2D eigenvalue weighted by atomic mass is 10.1. The molecule has 0 fully saturated rings. The van der Waals surface area contributed by atoms with Gasteiger partial charge in [0.05, 0.1) is 12.1 Å². The highest BCUT2D eigenvalue weighted by Crippen LogP contribution is 2.26. The van der Waals surface area contributed by atoms with Crippen molar-refractivity contribution in [2.75, 3.05) is 0 Å². The van der Waals surface area contributed by atoms with Gasteiger partial charge < -0.3 is 4.57 Å². The second-order valence-corrected chi connectivity index (χ2v) is 6.31. The van der Waals surface area contributed by atoms with E-state index in [0.717, 1.165) is 20.9 Å². The van der Waals surface area contributed by atoms with E-state index in [1.165, 1.54) is 6.20 Å². The van der Waals surface area contributed by atoms with Gasteiger partial charge in [0.2, 0.25) is 11.6 Å². The van der Waals surface area contributed by atoms with E-state index in [0.29, 0.717) is 12.1 Å². The summed E-state index contributed by atoms with van der Waals surface area (Å²) < 4.78 is 2.71. The minimum Gasteiger partial charge on any atom is -0.306 e. The monoisotopic (exact) mass is 393 g/mol. The maximum atomic E-state index is 12.6. The summed E-state index contributed by atoms with van der Waals surface area (Å²) in [5.41, 5.74) is 2.35. The van der Waals surface area contributed by atoms with Crippen LogP contribution < -0.4 is 0 Å². The van der Waals surface area contributed by atoms with Crippen LogP contribution in [0.1, 0.15) is 21.7 Å². The fraction of sp³-hybridized carbons (Fsp3) is 0.0556. The van der Waals surface area contributed by atoms with Crippen molar-refractivity contribution in [3.05, 3.63) is 82.7 Å². The van der Waals surface area contributed by atoms with Crippen molar-refractivity contribution >= 4 is 32.6 Å². The SMILES string of the molecule is O=C(c1cccnc1)c1nncn1Cc1ccc(Br)c2cccnc12. The van der Waals surface area contributed by atoms with Gasteiger partial charge in [-0.05, 0) is 29.8 Å². The van der Waals surface area contributed by atoms with Gasteiger partial charge in [-0.2, -0.15) is 0 Å². The molecule has 0 atom stereocenters. The van der Waals surface area contributed by atoms with Crippen molar-refractivity contribution in [1.82, 2.24) is 24.7 Å². The molecule has 1 aromatic carbocycles. The van der Waals surface area contributed by atoms with E-state index in [1.807, 2.05) is 24.3 Å². The minimum absolute atomic E-state index is 0.208. The third-order valence-corrected chi connectivity index (χ3v) is 4.57. The number of carbonyl (C=O) groups excluding carboxylic acids is 1. The van der Waals surface area contributed by atoms with Crippen LogP contribution in [0.3, 0.4) is 0 Å². The van der Waals surface area contributed by atoms with Gasteiger partial charge in [-0.1, -0.05) is 28.1 Å². The largest absolute Gasteiger partial charge is 0.306 e. The highest BCUT2D eigenvalue weighted by molar-refractivity contribution is 9.10. The number of ketones is 1. The zero-order chi connectivity index (χ0) is 17.2. The number of hydrogen-bond donors (Lipinski definition) is 0. The Morgan fingerprint density at radius 3 is 2.84 bits per heavy atom. The molecule has 0 unspecified atom stereocenters. The molecule has 25 heavy (non-hydrogen) atoms. The molecule has 0 N–H and O–H groups in total. The molecule has 0 aliphatic carbocycles. The smallest absolute Gasteiger partial charge is 0.231 e. The second-order valence-electron chi connectivity index (χ2n) is 5.46. The molecule has 0 spiro atoms. The van der Waals surface area contributed by atoms with Crippen molar-refractivity contribution in [2.24, 2.45) is 0 Å². The number of nitrogens with zero attached hydrogens (tertiary/aromatic N) is 5. The highest BCUT2D eigenvalue weighted by Gasteiger charge is 2.17. The average molecular weight is 394 g/mol. The molecule has 7 heteroatoms. The molecule has 0 saturated carbocycles. The Morgan fingerprint density at radius 2 is 2.00 bits per heavy atom. The summed E-state index contributed by atoms with van der Waals surface area (Å²) in [7, 11) is 0. The predicted octanol–water partition coefficient (Wildman–Crippen LogP) is 3.26. The Kier molecular flexibility index (Phi) is 4.07. The third kappa shape index (κ3) is 2.94. The number of halogens is 1. The number of rotatable bonds is 4. The topological polar surface area (TPSA) is 73.6 Å². The Balaban J connectivity index is 1.73. The lowest BCUT2D eigenvalue weighted by molar-refractivity contribution is 0.102. The maximum absolute atomic E-state index is 12.6. The molecule has 0 aliphatic rings. The summed E-state index contributed by atoms with van der Waals surface area (Å²) >= 11 is 3.54. The highest BCUT2D eigenvalue weighted by atomic mass is 79.9. The van der Waals surface area contributed by atoms with Crippen molar-refractivity contribution in [1.29, 1.82) is 0 Å². The van der Waals surface area contributed by atoms with Crippen molar-refractivity contribution < 1.29 is 4.79 Å². The van der Waals surface area contributed by atoms with Gasteiger partial charge in [-0.3, -0.25) is 14.8 Å². The van der Waals surface area contributed by atoms with Gasteiger partial charge in [0.1, 0.15) is 6.33 Å². The van der Waals surface area contributed by atoms with Gasteiger partial charge in [-0.15, -0.1) is 10.2 Å². The van der Waals surface area contributed by atoms with Gasteiger partial charge in [-0.25, -0.2) is 0 Å². The second kappa shape index (κ2) is 6.52. The standard InChI is InChI=1S/C18H12BrN5O/c19-15-6-5-13(16-14(15)4-2-8-21-16)10-24-11-22-23-18(24)17(25)12-3-1-7-20-9-12/h1-9,11H,10H2. The Bertz CT molecular complexity index is 1060. The predicted molar refractivity (Wildman–Crippen MR) is 96.2 cm³/mol. The van der Waals surface area contributed by atoms with E-state index in [4.69, 9.17) is 0 Å². The van der Waals surface area contributed by atoms with E-state index in [9.17, 15) is 4.79 Å². The lowest BCUT2D eigenvalue weighted by Gasteiger charge is -2.09. The Labute approximate surface area is 151 Å². The van der Waals surface area contributed by atoms with Crippen LogP contribution >= 0.6 is 15.9 Å². The molecule has 4 rings (SSSR count). The van der Waals surface area contributed by atoms with Crippen LogP contribution in [0.25, 0.3) is 10.9 Å². The Hall–Kier alpha value is -2.93. The van der Waals surface area contributed by atoms with E-state index in [-0.39, 0.29) is 11.6 Å². The van der Waals surface area contributed by atoms with Crippen LogP contribution in [-0.4, -0.2) is 30.5 Å². The van der Waals surface area contributed by atoms with E-state index in [2.05, 4.69) is 36.1 Å². The lowest BCUT2D eigenvalue weighted by Crippen LogP contribution is -2.12. The molecule has 0 saturated heterocycles. The van der Waals surface area contributed by atoms with Gasteiger partial charge in [0.15, 0.2) is 0 Å². The molecule has 0 aliphatic heterocycles. The molecule has 122 valence electrons. The molecule has 3 heterocycles. The van der Waals surface area contributed by atoms with Crippen molar-refractivity contribution in [2.45, 2.75) is 6.54 Å². The molecular weight excluding hydrogens is 382 g/mol. The summed E-state index contributed by atoms with van der Waals surface area (Å²) in [4.78, 5) is 21.1. The molecule has 0 radical (unpaired) electrons. The summed E-state index contributed by atoms with van der Waals surface area (Å²) in [5.74, 6) is 0.0694. The quantitative estimate of drug-likeness (QED) is 0.497. The maximum Gasteiger partial charge on any atom is 0.231 e. The zero-order valence-corrected chi connectivity index (χ0v) is 14.6. The fourth-order valence-corrected chi connectivity index (χ4v) is 3.13. The van der Waals surface area contributed by atoms with Crippen LogP contribution in [0, 0.1) is 0 Å². The summed E-state index contributed by atoms with van der Waals surface area (Å²) in [5, 5.41) is 8.92. The fourth-order valence-electron chi connectivity index (χ4n) is 2.68. The molecule has 6 nitrogen and oxygen atoms in total. The van der Waals surface area contributed by atoms with Crippen LogP contribution in [-0.2, 0) is 6.54 Å². The number of pyridine rings is 2. The number of hydrogen-bond acceptors (Lipinski definition) is 5. The zero-order valence-electron chi connectivity index (χ0n) is 13.0. The van der Waals surface area contributed by atoms with Crippen LogP contribution in [0.4, 0.5) is 0 Å². The first-order chi connectivity index (χ1) is 12.2. The van der Waals surface area contributed by atoms with Gasteiger partial charge in [0, 0.05) is 34.0 Å². The molecule has 3 aromatic heterocycles. The first-order valence-electron chi connectivity index (χ1n) is 7.58. The van der Waals surface area contributed by atoms with Crippen LogP contribution in [0.2, 0.25) is 0 Å². The normalized spacial score (nSPS) is 10.9.